The van der Waals surface area contributed by atoms with E-state index in [2.05, 4.69) is 34.7 Å². The zero-order valence-corrected chi connectivity index (χ0v) is 14.2. The number of amides is 1. The lowest BCUT2D eigenvalue weighted by molar-refractivity contribution is -0.122. The van der Waals surface area contributed by atoms with Crippen molar-refractivity contribution >= 4 is 16.8 Å². The lowest BCUT2D eigenvalue weighted by Crippen LogP contribution is -2.35. The summed E-state index contributed by atoms with van der Waals surface area (Å²) < 4.78 is 1.77. The van der Waals surface area contributed by atoms with E-state index >= 15 is 0 Å². The highest BCUT2D eigenvalue weighted by Crippen LogP contribution is 2.15. The highest BCUT2D eigenvalue weighted by atomic mass is 16.2. The molecule has 1 amide bonds. The first-order valence-electron chi connectivity index (χ1n) is 8.37. The van der Waals surface area contributed by atoms with Crippen LogP contribution in [0.3, 0.4) is 0 Å². The fourth-order valence-corrected chi connectivity index (χ4v) is 2.86. The van der Waals surface area contributed by atoms with E-state index in [1.54, 1.807) is 10.9 Å². The highest BCUT2D eigenvalue weighted by Gasteiger charge is 2.11. The van der Waals surface area contributed by atoms with Crippen molar-refractivity contribution in [2.24, 2.45) is 0 Å². The fourth-order valence-electron chi connectivity index (χ4n) is 2.86. The van der Waals surface area contributed by atoms with E-state index < -0.39 is 0 Å². The van der Waals surface area contributed by atoms with Gasteiger partial charge < -0.3 is 5.32 Å². The molecule has 0 fully saturated rings. The highest BCUT2D eigenvalue weighted by molar-refractivity contribution is 5.82. The summed E-state index contributed by atoms with van der Waals surface area (Å²) in [5.74, 6) is 0.00191. The minimum Gasteiger partial charge on any atom is -0.352 e. The molecule has 124 valence electrons. The molecule has 4 heteroatoms. The van der Waals surface area contributed by atoms with Crippen LogP contribution in [-0.2, 0) is 17.8 Å². The molecule has 3 aromatic rings. The van der Waals surface area contributed by atoms with Gasteiger partial charge in [0, 0.05) is 11.4 Å². The van der Waals surface area contributed by atoms with Gasteiger partial charge in [-0.1, -0.05) is 42.5 Å². The Bertz CT molecular complexity index is 823. The van der Waals surface area contributed by atoms with E-state index in [1.165, 1.54) is 11.1 Å². The third-order valence-corrected chi connectivity index (χ3v) is 4.21. The molecule has 1 N–H and O–H groups in total. The summed E-state index contributed by atoms with van der Waals surface area (Å²) in [4.78, 5) is 12.3. The van der Waals surface area contributed by atoms with E-state index in [0.29, 0.717) is 0 Å². The summed E-state index contributed by atoms with van der Waals surface area (Å²) in [7, 11) is 0. The first-order chi connectivity index (χ1) is 11.6. The first-order valence-corrected chi connectivity index (χ1v) is 8.37. The molecule has 0 aliphatic carbocycles. The van der Waals surface area contributed by atoms with Gasteiger partial charge in [0.25, 0.3) is 0 Å². The number of hydrogen-bond donors (Lipinski definition) is 1. The molecule has 1 aromatic heterocycles. The smallest absolute Gasteiger partial charge is 0.241 e. The second kappa shape index (κ2) is 7.30. The van der Waals surface area contributed by atoms with E-state index in [-0.39, 0.29) is 18.5 Å². The standard InChI is InChI=1S/C20H23N3O/c1-15-8-11-18-13-21-23(19(18)12-15)14-20(24)22-16(2)9-10-17-6-4-3-5-7-17/h3-8,11-13,16H,9-10,14H2,1-2H3,(H,22,24)/t16-/m0/s1. The van der Waals surface area contributed by atoms with Crippen molar-refractivity contribution in [1.82, 2.24) is 15.1 Å². The van der Waals surface area contributed by atoms with Crippen LogP contribution in [0.5, 0.6) is 0 Å². The Kier molecular flexibility index (Phi) is 4.94. The molecule has 24 heavy (non-hydrogen) atoms. The number of carbonyl (C=O) groups excluding carboxylic acids is 1. The Labute approximate surface area is 142 Å². The molecule has 0 saturated carbocycles. The number of fused-ring (bicyclic) bond motifs is 1. The minimum absolute atomic E-state index is 0.00191. The molecule has 2 aromatic carbocycles. The third-order valence-electron chi connectivity index (χ3n) is 4.21. The molecular weight excluding hydrogens is 298 g/mol. The van der Waals surface area contributed by atoms with Gasteiger partial charge in [0.15, 0.2) is 0 Å². The van der Waals surface area contributed by atoms with Crippen LogP contribution in [0.25, 0.3) is 10.9 Å². The van der Waals surface area contributed by atoms with Gasteiger partial charge in [-0.2, -0.15) is 5.10 Å². The quantitative estimate of drug-likeness (QED) is 0.755. The van der Waals surface area contributed by atoms with Crippen molar-refractivity contribution in [3.8, 4) is 0 Å². The monoisotopic (exact) mass is 321 g/mol. The third kappa shape index (κ3) is 4.02. The number of nitrogens with one attached hydrogen (secondary N) is 1. The predicted octanol–water partition coefficient (Wildman–Crippen LogP) is 3.48. The van der Waals surface area contributed by atoms with Gasteiger partial charge in [-0.15, -0.1) is 0 Å². The van der Waals surface area contributed by atoms with Crippen LogP contribution in [0, 0.1) is 6.92 Å². The van der Waals surface area contributed by atoms with Crippen LogP contribution in [0.1, 0.15) is 24.5 Å². The minimum atomic E-state index is 0.00191. The summed E-state index contributed by atoms with van der Waals surface area (Å²) in [5, 5.41) is 8.46. The van der Waals surface area contributed by atoms with Crippen molar-refractivity contribution in [3.63, 3.8) is 0 Å². The molecule has 3 rings (SSSR count). The zero-order valence-electron chi connectivity index (χ0n) is 14.2. The predicted molar refractivity (Wildman–Crippen MR) is 96.8 cm³/mol. The van der Waals surface area contributed by atoms with Crippen LogP contribution in [0.2, 0.25) is 0 Å². The summed E-state index contributed by atoms with van der Waals surface area (Å²) in [6, 6.07) is 16.6. The maximum atomic E-state index is 12.3. The van der Waals surface area contributed by atoms with Gasteiger partial charge in [-0.25, -0.2) is 0 Å². The van der Waals surface area contributed by atoms with Gasteiger partial charge >= 0.3 is 0 Å². The summed E-state index contributed by atoms with van der Waals surface area (Å²) in [6.07, 6.45) is 3.70. The number of aromatic nitrogens is 2. The molecule has 0 radical (unpaired) electrons. The number of rotatable bonds is 6. The van der Waals surface area contributed by atoms with Gasteiger partial charge in [-0.3, -0.25) is 9.48 Å². The average Bonchev–Trinajstić information content (AvgIpc) is 2.96. The summed E-state index contributed by atoms with van der Waals surface area (Å²) >= 11 is 0. The SMILES string of the molecule is Cc1ccc2cnn(CC(=O)N[C@@H](C)CCc3ccccc3)c2c1. The van der Waals surface area contributed by atoms with Gasteiger partial charge in [-0.05, 0) is 43.9 Å². The summed E-state index contributed by atoms with van der Waals surface area (Å²) in [6.45, 7) is 4.34. The molecule has 4 nitrogen and oxygen atoms in total. The van der Waals surface area contributed by atoms with Gasteiger partial charge in [0.2, 0.25) is 5.91 Å². The molecule has 0 aliphatic rings. The largest absolute Gasteiger partial charge is 0.352 e. The molecule has 0 aliphatic heterocycles. The van der Waals surface area contributed by atoms with E-state index in [1.807, 2.05) is 38.1 Å². The van der Waals surface area contributed by atoms with Crippen molar-refractivity contribution < 1.29 is 4.79 Å². The van der Waals surface area contributed by atoms with Crippen molar-refractivity contribution in [3.05, 3.63) is 65.9 Å². The second-order valence-corrected chi connectivity index (χ2v) is 6.36. The Morgan fingerprint density at radius 1 is 1.21 bits per heavy atom. The number of hydrogen-bond acceptors (Lipinski definition) is 2. The van der Waals surface area contributed by atoms with Crippen LogP contribution >= 0.6 is 0 Å². The van der Waals surface area contributed by atoms with Crippen LogP contribution < -0.4 is 5.32 Å². The maximum absolute atomic E-state index is 12.3. The van der Waals surface area contributed by atoms with Gasteiger partial charge in [0.1, 0.15) is 6.54 Å². The maximum Gasteiger partial charge on any atom is 0.241 e. The fraction of sp³-hybridized carbons (Fsp3) is 0.300. The Morgan fingerprint density at radius 3 is 2.79 bits per heavy atom. The van der Waals surface area contributed by atoms with Gasteiger partial charge in [0.05, 0.1) is 11.7 Å². The number of benzene rings is 2. The van der Waals surface area contributed by atoms with E-state index in [0.717, 1.165) is 23.7 Å². The Morgan fingerprint density at radius 2 is 2.00 bits per heavy atom. The molecule has 0 saturated heterocycles. The molecular formula is C20H23N3O. The molecule has 0 unspecified atom stereocenters. The number of carbonyl (C=O) groups is 1. The number of nitrogens with zero attached hydrogens (tertiary/aromatic N) is 2. The van der Waals surface area contributed by atoms with Crippen molar-refractivity contribution in [2.45, 2.75) is 39.3 Å². The molecule has 0 spiro atoms. The second-order valence-electron chi connectivity index (χ2n) is 6.36. The van der Waals surface area contributed by atoms with Crippen LogP contribution in [0.4, 0.5) is 0 Å². The molecule has 0 bridgehead atoms. The first kappa shape index (κ1) is 16.2. The van der Waals surface area contributed by atoms with Crippen LogP contribution in [-0.4, -0.2) is 21.7 Å². The van der Waals surface area contributed by atoms with Crippen molar-refractivity contribution in [2.75, 3.05) is 0 Å². The van der Waals surface area contributed by atoms with E-state index in [9.17, 15) is 4.79 Å². The number of aryl methyl sites for hydroxylation is 2. The summed E-state index contributed by atoms with van der Waals surface area (Å²) in [5.41, 5.74) is 3.47. The molecule has 1 heterocycles. The van der Waals surface area contributed by atoms with Crippen LogP contribution in [0.15, 0.2) is 54.7 Å². The van der Waals surface area contributed by atoms with E-state index in [4.69, 9.17) is 0 Å². The zero-order chi connectivity index (χ0) is 16.9. The lowest BCUT2D eigenvalue weighted by Gasteiger charge is -2.14. The Hall–Kier alpha value is -2.62. The average molecular weight is 321 g/mol. The Balaban J connectivity index is 1.55. The molecule has 1 atom stereocenters. The normalized spacial score (nSPS) is 12.2. The topological polar surface area (TPSA) is 46.9 Å². The van der Waals surface area contributed by atoms with Crippen molar-refractivity contribution in [1.29, 1.82) is 0 Å². The lowest BCUT2D eigenvalue weighted by atomic mass is 10.1.